The first-order chi connectivity index (χ1) is 41.0. The Morgan fingerprint density at radius 3 is 0.747 bits per heavy atom. The van der Waals surface area contributed by atoms with E-state index < -0.39 is 6.10 Å². The summed E-state index contributed by atoms with van der Waals surface area (Å²) in [5.74, 6) is -0.946. The van der Waals surface area contributed by atoms with Gasteiger partial charge in [-0.25, -0.2) is 0 Å². The normalized spacial score (nSPS) is 13.0. The van der Waals surface area contributed by atoms with Gasteiger partial charge in [-0.3, -0.25) is 14.4 Å². The lowest BCUT2D eigenvalue weighted by Gasteiger charge is -2.18. The first-order valence-electron chi connectivity index (χ1n) is 34.3. The van der Waals surface area contributed by atoms with Crippen molar-refractivity contribution >= 4 is 17.9 Å². The molecule has 0 saturated carbocycles. The largest absolute Gasteiger partial charge is 0.462 e. The van der Waals surface area contributed by atoms with Crippen molar-refractivity contribution in [1.82, 2.24) is 0 Å². The van der Waals surface area contributed by atoms with Crippen molar-refractivity contribution < 1.29 is 28.6 Å². The highest BCUT2D eigenvalue weighted by atomic mass is 16.6. The fraction of sp³-hybridized carbons (Fsp3) is 0.649. The highest BCUT2D eigenvalue weighted by molar-refractivity contribution is 5.71. The lowest BCUT2D eigenvalue weighted by atomic mass is 10.0. The van der Waals surface area contributed by atoms with Gasteiger partial charge in [-0.2, -0.15) is 0 Å². The fourth-order valence-electron chi connectivity index (χ4n) is 9.27. The van der Waals surface area contributed by atoms with Gasteiger partial charge in [0.1, 0.15) is 13.2 Å². The molecule has 0 rings (SSSR count). The molecule has 0 aromatic rings. The van der Waals surface area contributed by atoms with Crippen LogP contribution in [0, 0.1) is 0 Å². The van der Waals surface area contributed by atoms with Crippen LogP contribution in [0.1, 0.15) is 303 Å². The highest BCUT2D eigenvalue weighted by Crippen LogP contribution is 2.16. The van der Waals surface area contributed by atoms with Crippen LogP contribution >= 0.6 is 0 Å². The van der Waals surface area contributed by atoms with E-state index in [0.717, 1.165) is 161 Å². The third-order valence-corrected chi connectivity index (χ3v) is 14.3. The Labute approximate surface area is 512 Å². The van der Waals surface area contributed by atoms with Gasteiger partial charge in [0.2, 0.25) is 0 Å². The van der Waals surface area contributed by atoms with Crippen molar-refractivity contribution in [3.63, 3.8) is 0 Å². The Morgan fingerprint density at radius 1 is 0.253 bits per heavy atom. The molecule has 0 aliphatic heterocycles. The van der Waals surface area contributed by atoms with Crippen molar-refractivity contribution in [2.45, 2.75) is 309 Å². The van der Waals surface area contributed by atoms with Crippen LogP contribution in [0.25, 0.3) is 0 Å². The summed E-state index contributed by atoms with van der Waals surface area (Å²) >= 11 is 0. The molecule has 0 aromatic carbocycles. The van der Waals surface area contributed by atoms with Gasteiger partial charge in [-0.05, 0) is 122 Å². The molecule has 1 atom stereocenters. The molecule has 83 heavy (non-hydrogen) atoms. The summed E-state index contributed by atoms with van der Waals surface area (Å²) in [5, 5.41) is 0. The number of carbonyl (C=O) groups is 3. The zero-order valence-electron chi connectivity index (χ0n) is 53.9. The van der Waals surface area contributed by atoms with E-state index in [1.54, 1.807) is 0 Å². The Bertz CT molecular complexity index is 1800. The molecule has 470 valence electrons. The predicted octanol–water partition coefficient (Wildman–Crippen LogP) is 23.9. The maximum atomic E-state index is 13.0. The molecule has 0 spiro atoms. The van der Waals surface area contributed by atoms with Crippen molar-refractivity contribution in [3.8, 4) is 0 Å². The Kier molecular flexibility index (Phi) is 65.8. The second-order valence-electron chi connectivity index (χ2n) is 22.3. The predicted molar refractivity (Wildman–Crippen MR) is 362 cm³/mol. The summed E-state index contributed by atoms with van der Waals surface area (Å²) in [5.41, 5.74) is 0. The molecule has 0 fully saturated rings. The zero-order chi connectivity index (χ0) is 59.9. The summed E-state index contributed by atoms with van der Waals surface area (Å²) in [6.45, 7) is 6.39. The SMILES string of the molecule is CC/C=C\C/C=C\C/C=C\C/C=C\C/C=C\C/C=C\C/C=C\CCCCCC(=O)OCC(COC(=O)CCCCCCCCCCCCCCCCCCCCC)OC(=O)CCCCCCC/C=C\C/C=C\C/C=C\C/C=C\C/C=C\CC. The topological polar surface area (TPSA) is 78.9 Å². The summed E-state index contributed by atoms with van der Waals surface area (Å²) < 4.78 is 16.9. The van der Waals surface area contributed by atoms with E-state index in [0.29, 0.717) is 19.3 Å². The molecule has 1 unspecified atom stereocenters. The minimum atomic E-state index is -0.810. The second kappa shape index (κ2) is 69.8. The Balaban J connectivity index is 4.50. The van der Waals surface area contributed by atoms with Crippen LogP contribution < -0.4 is 0 Å². The minimum absolute atomic E-state index is 0.0995. The number of hydrogen-bond acceptors (Lipinski definition) is 6. The summed E-state index contributed by atoms with van der Waals surface area (Å²) in [7, 11) is 0. The van der Waals surface area contributed by atoms with Crippen LogP contribution in [0.3, 0.4) is 0 Å². The van der Waals surface area contributed by atoms with E-state index >= 15 is 0 Å². The molecular weight excluding hydrogens is 1020 g/mol. The van der Waals surface area contributed by atoms with Crippen molar-refractivity contribution in [1.29, 1.82) is 0 Å². The van der Waals surface area contributed by atoms with E-state index in [1.165, 1.54) is 103 Å². The molecule has 6 nitrogen and oxygen atoms in total. The number of hydrogen-bond donors (Lipinski definition) is 0. The van der Waals surface area contributed by atoms with Gasteiger partial charge in [0, 0.05) is 19.3 Å². The smallest absolute Gasteiger partial charge is 0.306 e. The number of rotatable bonds is 61. The average Bonchev–Trinajstić information content (AvgIpc) is 3.50. The van der Waals surface area contributed by atoms with Crippen LogP contribution in [0.5, 0.6) is 0 Å². The van der Waals surface area contributed by atoms with Gasteiger partial charge in [0.25, 0.3) is 0 Å². The van der Waals surface area contributed by atoms with Gasteiger partial charge in [0.15, 0.2) is 6.10 Å². The molecule has 0 N–H and O–H groups in total. The number of ether oxygens (including phenoxy) is 3. The maximum Gasteiger partial charge on any atom is 0.306 e. The van der Waals surface area contributed by atoms with E-state index in [-0.39, 0.29) is 31.1 Å². The minimum Gasteiger partial charge on any atom is -0.462 e. The zero-order valence-corrected chi connectivity index (χ0v) is 53.9. The molecular formula is C77H126O6. The van der Waals surface area contributed by atoms with E-state index in [4.69, 9.17) is 14.2 Å². The third-order valence-electron chi connectivity index (χ3n) is 14.3. The second-order valence-corrected chi connectivity index (χ2v) is 22.3. The number of unbranched alkanes of at least 4 members (excludes halogenated alkanes) is 26. The monoisotopic (exact) mass is 1150 g/mol. The number of allylic oxidation sites excluding steroid dienone is 24. The van der Waals surface area contributed by atoms with Crippen LogP contribution in [-0.4, -0.2) is 37.2 Å². The van der Waals surface area contributed by atoms with Gasteiger partial charge < -0.3 is 14.2 Å². The molecule has 0 aromatic heterocycles. The number of carbonyl (C=O) groups excluding carboxylic acids is 3. The van der Waals surface area contributed by atoms with Crippen LogP contribution in [-0.2, 0) is 28.6 Å². The Hall–Kier alpha value is -4.71. The van der Waals surface area contributed by atoms with Crippen molar-refractivity contribution in [2.24, 2.45) is 0 Å². The lowest BCUT2D eigenvalue weighted by molar-refractivity contribution is -0.167. The molecule has 6 heteroatoms. The molecule has 0 aliphatic carbocycles. The highest BCUT2D eigenvalue weighted by Gasteiger charge is 2.19. The van der Waals surface area contributed by atoms with E-state index in [9.17, 15) is 14.4 Å². The summed E-state index contributed by atoms with van der Waals surface area (Å²) in [6, 6.07) is 0. The Morgan fingerprint density at radius 2 is 0.470 bits per heavy atom. The van der Waals surface area contributed by atoms with Crippen LogP contribution in [0.15, 0.2) is 146 Å². The average molecular weight is 1150 g/mol. The number of esters is 3. The van der Waals surface area contributed by atoms with Crippen LogP contribution in [0.4, 0.5) is 0 Å². The lowest BCUT2D eigenvalue weighted by Crippen LogP contribution is -2.30. The van der Waals surface area contributed by atoms with Crippen molar-refractivity contribution in [2.75, 3.05) is 13.2 Å². The summed E-state index contributed by atoms with van der Waals surface area (Å²) in [4.78, 5) is 38.5. The molecule has 0 heterocycles. The quantitative estimate of drug-likeness (QED) is 0.0261. The van der Waals surface area contributed by atoms with E-state index in [2.05, 4.69) is 167 Å². The molecule has 0 amide bonds. The van der Waals surface area contributed by atoms with Gasteiger partial charge >= 0.3 is 17.9 Å². The molecule has 0 radical (unpaired) electrons. The van der Waals surface area contributed by atoms with Gasteiger partial charge in [0.05, 0.1) is 0 Å². The van der Waals surface area contributed by atoms with Crippen molar-refractivity contribution in [3.05, 3.63) is 146 Å². The van der Waals surface area contributed by atoms with E-state index in [1.807, 2.05) is 0 Å². The van der Waals surface area contributed by atoms with Crippen LogP contribution in [0.2, 0.25) is 0 Å². The molecule has 0 aliphatic rings. The van der Waals surface area contributed by atoms with Gasteiger partial charge in [-0.15, -0.1) is 0 Å². The maximum absolute atomic E-state index is 13.0. The fourth-order valence-corrected chi connectivity index (χ4v) is 9.27. The first kappa shape index (κ1) is 78.3. The first-order valence-corrected chi connectivity index (χ1v) is 34.3. The molecule has 0 bridgehead atoms. The third kappa shape index (κ3) is 68.0. The van der Waals surface area contributed by atoms with Gasteiger partial charge in [-0.1, -0.05) is 308 Å². The summed E-state index contributed by atoms with van der Waals surface area (Å²) in [6.07, 6.45) is 100.0. The molecule has 0 saturated heterocycles. The standard InChI is InChI=1S/C77H126O6/c1-4-7-10-13-16-19-22-25-28-31-34-36-37-38-39-41-43-46-49-52-55-58-61-64-67-70-76(79)82-73-74(72-81-75(78)69-66-63-60-57-54-51-48-45-42-33-30-27-24-21-18-15-12-9-6-3)83-77(80)71-68-65-62-59-56-53-50-47-44-40-35-32-29-26-23-20-17-14-11-8-5-2/h7-8,10-11,16-17,19-20,25-26,28-29,34-36,38-40,43,46-47,50,52,55,74H,4-6,9,12-15,18,21-24,27,30-33,37,41-42,44-45,48-49,51,53-54,56-73H2,1-3H3/b10-7-,11-8-,19-16-,20-17-,28-25-,29-26-,36-34-,39-38-,40-35-,46-43-,50-47-,55-52-.